The third-order valence-electron chi connectivity index (χ3n) is 2.65. The van der Waals surface area contributed by atoms with Crippen LogP contribution in [0.25, 0.3) is 0 Å². The van der Waals surface area contributed by atoms with Gasteiger partial charge in [0.25, 0.3) is 0 Å². The van der Waals surface area contributed by atoms with Gasteiger partial charge in [0, 0.05) is 6.42 Å². The lowest BCUT2D eigenvalue weighted by Gasteiger charge is -2.36. The van der Waals surface area contributed by atoms with E-state index in [2.05, 4.69) is 10.6 Å². The molecule has 2 rings (SSSR count). The zero-order valence-corrected chi connectivity index (χ0v) is 6.60. The number of hydrogen-bond donors (Lipinski definition) is 2. The van der Waals surface area contributed by atoms with Crippen molar-refractivity contribution in [2.45, 2.75) is 31.8 Å². The van der Waals surface area contributed by atoms with Crippen LogP contribution in [0.4, 0.5) is 0 Å². The Balaban J connectivity index is 1.98. The highest BCUT2D eigenvalue weighted by Crippen LogP contribution is 2.23. The minimum Gasteiger partial charge on any atom is -0.340 e. The molecule has 2 aliphatic rings. The molecule has 0 radical (unpaired) electrons. The summed E-state index contributed by atoms with van der Waals surface area (Å²) < 4.78 is 0. The Morgan fingerprint density at radius 3 is 3.18 bits per heavy atom. The topological polar surface area (TPSA) is 41.1 Å². The normalized spacial score (nSPS) is 37.6. The quantitative estimate of drug-likeness (QED) is 0.524. The Morgan fingerprint density at radius 1 is 1.36 bits per heavy atom. The first-order chi connectivity index (χ1) is 5.36. The van der Waals surface area contributed by atoms with Gasteiger partial charge in [0.1, 0.15) is 0 Å². The number of rotatable bonds is 0. The summed E-state index contributed by atoms with van der Waals surface area (Å²) in [6, 6.07) is 0. The molecule has 2 aliphatic heterocycles. The largest absolute Gasteiger partial charge is 0.340 e. The molecular weight excluding hydrogens is 140 g/mol. The molecule has 2 saturated heterocycles. The van der Waals surface area contributed by atoms with Gasteiger partial charge in [-0.15, -0.1) is 0 Å². The molecule has 0 aromatic rings. The molecule has 1 amide bonds. The Kier molecular flexibility index (Phi) is 1.82. The van der Waals surface area contributed by atoms with Crippen molar-refractivity contribution in [3.63, 3.8) is 0 Å². The second kappa shape index (κ2) is 2.81. The fourth-order valence-electron chi connectivity index (χ4n) is 2.00. The molecule has 3 nitrogen and oxygen atoms in total. The van der Waals surface area contributed by atoms with Crippen molar-refractivity contribution in [2.75, 3.05) is 6.54 Å². The van der Waals surface area contributed by atoms with Crippen molar-refractivity contribution < 1.29 is 4.79 Å². The maximum Gasteiger partial charge on any atom is 0.221 e. The fraction of sp³-hybridized carbons (Fsp3) is 0.875. The first kappa shape index (κ1) is 7.10. The van der Waals surface area contributed by atoms with Crippen LogP contribution >= 0.6 is 0 Å². The fourth-order valence-corrected chi connectivity index (χ4v) is 2.00. The van der Waals surface area contributed by atoms with E-state index in [-0.39, 0.29) is 12.1 Å². The van der Waals surface area contributed by atoms with Crippen LogP contribution in [0.15, 0.2) is 0 Å². The molecule has 2 unspecified atom stereocenters. The number of fused-ring (bicyclic) bond motifs is 1. The highest BCUT2D eigenvalue weighted by Gasteiger charge is 2.29. The van der Waals surface area contributed by atoms with E-state index in [0.717, 1.165) is 19.4 Å². The Hall–Kier alpha value is -0.570. The third kappa shape index (κ3) is 1.38. The lowest BCUT2D eigenvalue weighted by molar-refractivity contribution is -0.125. The SMILES string of the molecule is O=C1CCC2CCCNC2N1. The molecule has 2 atom stereocenters. The maximum absolute atomic E-state index is 11.0. The van der Waals surface area contributed by atoms with Crippen LogP contribution in [-0.2, 0) is 4.79 Å². The standard InChI is InChI=1S/C8H14N2O/c11-7-4-3-6-2-1-5-9-8(6)10-7/h6,8-9H,1-5H2,(H,10,11). The highest BCUT2D eigenvalue weighted by molar-refractivity contribution is 5.77. The third-order valence-corrected chi connectivity index (χ3v) is 2.65. The minimum atomic E-state index is 0.209. The molecule has 2 heterocycles. The summed E-state index contributed by atoms with van der Waals surface area (Å²) in [5.41, 5.74) is 0. The number of carbonyl (C=O) groups excluding carboxylic acids is 1. The van der Waals surface area contributed by atoms with Gasteiger partial charge in [-0.25, -0.2) is 0 Å². The van der Waals surface area contributed by atoms with Crippen LogP contribution in [0.5, 0.6) is 0 Å². The van der Waals surface area contributed by atoms with Crippen LogP contribution in [0.2, 0.25) is 0 Å². The Morgan fingerprint density at radius 2 is 2.27 bits per heavy atom. The smallest absolute Gasteiger partial charge is 0.221 e. The van der Waals surface area contributed by atoms with E-state index in [9.17, 15) is 4.79 Å². The second-order valence-corrected chi connectivity index (χ2v) is 3.44. The van der Waals surface area contributed by atoms with Gasteiger partial charge < -0.3 is 5.32 Å². The van der Waals surface area contributed by atoms with Gasteiger partial charge in [-0.3, -0.25) is 10.1 Å². The molecule has 2 fully saturated rings. The van der Waals surface area contributed by atoms with Gasteiger partial charge in [-0.2, -0.15) is 0 Å². The first-order valence-corrected chi connectivity index (χ1v) is 4.39. The van der Waals surface area contributed by atoms with Crippen LogP contribution in [0.3, 0.4) is 0 Å². The van der Waals surface area contributed by atoms with Crippen molar-refractivity contribution in [3.05, 3.63) is 0 Å². The lowest BCUT2D eigenvalue weighted by Crippen LogP contribution is -2.55. The summed E-state index contributed by atoms with van der Waals surface area (Å²) in [6.45, 7) is 1.06. The Bertz CT molecular complexity index is 169. The first-order valence-electron chi connectivity index (χ1n) is 4.39. The van der Waals surface area contributed by atoms with Gasteiger partial charge in [0.2, 0.25) is 5.91 Å². The van der Waals surface area contributed by atoms with Crippen LogP contribution in [0.1, 0.15) is 25.7 Å². The minimum absolute atomic E-state index is 0.209. The van der Waals surface area contributed by atoms with Gasteiger partial charge in [0.05, 0.1) is 6.17 Å². The van der Waals surface area contributed by atoms with Crippen LogP contribution in [0, 0.1) is 5.92 Å². The predicted octanol–water partition coefficient (Wildman–Crippen LogP) is 0.222. The van der Waals surface area contributed by atoms with Crippen molar-refractivity contribution in [2.24, 2.45) is 5.92 Å². The van der Waals surface area contributed by atoms with Crippen molar-refractivity contribution in [1.82, 2.24) is 10.6 Å². The maximum atomic E-state index is 11.0. The summed E-state index contributed by atoms with van der Waals surface area (Å²) in [5, 5.41) is 6.29. The summed E-state index contributed by atoms with van der Waals surface area (Å²) >= 11 is 0. The van der Waals surface area contributed by atoms with Crippen molar-refractivity contribution >= 4 is 5.91 Å². The van der Waals surface area contributed by atoms with Gasteiger partial charge >= 0.3 is 0 Å². The molecule has 0 spiro atoms. The number of nitrogens with one attached hydrogen (secondary N) is 2. The monoisotopic (exact) mass is 154 g/mol. The van der Waals surface area contributed by atoms with E-state index in [1.165, 1.54) is 12.8 Å². The van der Waals surface area contributed by atoms with Crippen LogP contribution < -0.4 is 10.6 Å². The van der Waals surface area contributed by atoms with E-state index in [1.54, 1.807) is 0 Å². The van der Waals surface area contributed by atoms with E-state index in [0.29, 0.717) is 5.92 Å². The van der Waals surface area contributed by atoms with Gasteiger partial charge in [-0.1, -0.05) is 0 Å². The van der Waals surface area contributed by atoms with E-state index in [4.69, 9.17) is 0 Å². The zero-order valence-electron chi connectivity index (χ0n) is 6.60. The molecule has 0 aromatic heterocycles. The van der Waals surface area contributed by atoms with E-state index in [1.807, 2.05) is 0 Å². The molecule has 11 heavy (non-hydrogen) atoms. The molecule has 0 bridgehead atoms. The van der Waals surface area contributed by atoms with Crippen LogP contribution in [-0.4, -0.2) is 18.6 Å². The molecule has 2 N–H and O–H groups in total. The lowest BCUT2D eigenvalue weighted by atomic mass is 9.88. The summed E-state index contributed by atoms with van der Waals surface area (Å²) in [5.74, 6) is 0.905. The molecule has 0 aromatic carbocycles. The molecule has 62 valence electrons. The highest BCUT2D eigenvalue weighted by atomic mass is 16.1. The van der Waals surface area contributed by atoms with Crippen molar-refractivity contribution in [3.8, 4) is 0 Å². The number of piperidine rings is 2. The molecular formula is C8H14N2O. The summed E-state index contributed by atoms with van der Waals surface area (Å²) in [6.07, 6.45) is 4.62. The molecule has 3 heteroatoms. The number of carbonyl (C=O) groups is 1. The Labute approximate surface area is 66.5 Å². The molecule has 0 aliphatic carbocycles. The average molecular weight is 154 g/mol. The predicted molar refractivity (Wildman–Crippen MR) is 41.9 cm³/mol. The number of amides is 1. The van der Waals surface area contributed by atoms with Gasteiger partial charge in [-0.05, 0) is 31.7 Å². The average Bonchev–Trinajstić information content (AvgIpc) is 2.04. The zero-order chi connectivity index (χ0) is 7.68. The van der Waals surface area contributed by atoms with E-state index < -0.39 is 0 Å². The summed E-state index contributed by atoms with van der Waals surface area (Å²) in [7, 11) is 0. The van der Waals surface area contributed by atoms with E-state index >= 15 is 0 Å². The van der Waals surface area contributed by atoms with Crippen molar-refractivity contribution in [1.29, 1.82) is 0 Å². The van der Waals surface area contributed by atoms with Gasteiger partial charge in [0.15, 0.2) is 0 Å². The molecule has 0 saturated carbocycles. The summed E-state index contributed by atoms with van der Waals surface area (Å²) in [4.78, 5) is 11.0. The second-order valence-electron chi connectivity index (χ2n) is 3.44. The number of hydrogen-bond acceptors (Lipinski definition) is 2.